The fourth-order valence-corrected chi connectivity index (χ4v) is 8.50. The molecule has 1 aliphatic rings. The highest BCUT2D eigenvalue weighted by Crippen LogP contribution is 2.38. The molecule has 1 aromatic heterocycles. The lowest BCUT2D eigenvalue weighted by Crippen LogP contribution is -2.56. The van der Waals surface area contributed by atoms with Crippen molar-refractivity contribution in [3.8, 4) is 0 Å². The van der Waals surface area contributed by atoms with Gasteiger partial charge in [0.15, 0.2) is 20.9 Å². The quantitative estimate of drug-likeness (QED) is 0.137. The van der Waals surface area contributed by atoms with E-state index in [4.69, 9.17) is 15.4 Å². The molecule has 242 valence electrons. The molecule has 4 atom stereocenters. The van der Waals surface area contributed by atoms with Gasteiger partial charge in [-0.15, -0.1) is 0 Å². The van der Waals surface area contributed by atoms with Crippen molar-refractivity contribution in [2.75, 3.05) is 12.4 Å². The summed E-state index contributed by atoms with van der Waals surface area (Å²) in [5.74, 6) is 1.95. The van der Waals surface area contributed by atoms with Crippen LogP contribution in [-0.2, 0) is 29.0 Å². The normalized spacial score (nSPS) is 18.5. The van der Waals surface area contributed by atoms with E-state index in [0.717, 1.165) is 24.0 Å². The second kappa shape index (κ2) is 16.8. The van der Waals surface area contributed by atoms with E-state index in [9.17, 15) is 18.0 Å². The van der Waals surface area contributed by atoms with Crippen LogP contribution < -0.4 is 16.7 Å². The summed E-state index contributed by atoms with van der Waals surface area (Å²) in [6, 6.07) is 13.2. The summed E-state index contributed by atoms with van der Waals surface area (Å²) in [5.41, 5.74) is 6.94. The molecule has 3 rings (SSSR count). The lowest BCUT2D eigenvalue weighted by Gasteiger charge is -2.35. The number of hydrogen-bond acceptors (Lipinski definition) is 8. The maximum absolute atomic E-state index is 14.5. The first-order valence-electron chi connectivity index (χ1n) is 15.5. The minimum atomic E-state index is -4.21. The Labute approximate surface area is 262 Å². The monoisotopic (exact) mass is 628 g/mol. The molecule has 2 amide bonds. The molecule has 4 N–H and O–H groups in total. The number of allylic oxidation sites excluding steroid dienone is 1. The Kier molecular flexibility index (Phi) is 13.5. The molecule has 1 aliphatic heterocycles. The van der Waals surface area contributed by atoms with Crippen LogP contribution in [-0.4, -0.2) is 48.6 Å². The number of nitrogens with zero attached hydrogens (tertiary/aromatic N) is 1. The molecule has 2 heterocycles. The number of nitrogens with one attached hydrogen (secondary N) is 2. The fourth-order valence-electron chi connectivity index (χ4n) is 5.87. The zero-order valence-electron chi connectivity index (χ0n) is 26.3. The molecule has 0 aliphatic carbocycles. The number of hydroxylamine groups is 1. The van der Waals surface area contributed by atoms with Gasteiger partial charge in [-0.3, -0.25) is 20.0 Å². The number of hydrogen-bond donors (Lipinski definition) is 3. The van der Waals surface area contributed by atoms with Crippen LogP contribution in [0.3, 0.4) is 0 Å². The number of hydrazine groups is 1. The van der Waals surface area contributed by atoms with E-state index in [2.05, 4.69) is 15.9 Å². The van der Waals surface area contributed by atoms with Gasteiger partial charge in [0, 0.05) is 30.8 Å². The van der Waals surface area contributed by atoms with E-state index in [1.54, 1.807) is 12.3 Å². The zero-order valence-corrected chi connectivity index (χ0v) is 27.1. The van der Waals surface area contributed by atoms with Gasteiger partial charge >= 0.3 is 0 Å². The van der Waals surface area contributed by atoms with Crippen LogP contribution in [0.1, 0.15) is 88.5 Å². The lowest BCUT2D eigenvalue weighted by molar-refractivity contribution is -0.202. The van der Waals surface area contributed by atoms with E-state index in [0.29, 0.717) is 25.1 Å². The number of nitrogens with two attached hydrogens (primary N) is 1. The van der Waals surface area contributed by atoms with Crippen molar-refractivity contribution in [2.45, 2.75) is 89.6 Å². The van der Waals surface area contributed by atoms with Gasteiger partial charge in [-0.25, -0.2) is 24.6 Å². The van der Waals surface area contributed by atoms with Gasteiger partial charge < -0.3 is 4.74 Å². The predicted molar refractivity (Wildman–Crippen MR) is 171 cm³/mol. The first kappa shape index (κ1) is 35.4. The van der Waals surface area contributed by atoms with Crippen LogP contribution in [0.15, 0.2) is 54.7 Å². The average molecular weight is 629 g/mol. The Morgan fingerprint density at radius 1 is 1.20 bits per heavy atom. The summed E-state index contributed by atoms with van der Waals surface area (Å²) in [5, 5.41) is 0. The number of pyridine rings is 1. The number of aryl methyl sites for hydroxylation is 1. The molecule has 1 aromatic carbocycles. The zero-order chi connectivity index (χ0) is 32.2. The average Bonchev–Trinajstić information content (AvgIpc) is 3.01. The molecule has 2 unspecified atom stereocenters. The van der Waals surface area contributed by atoms with Gasteiger partial charge in [0.1, 0.15) is 0 Å². The predicted octanol–water partition coefficient (Wildman–Crippen LogP) is 4.76. The van der Waals surface area contributed by atoms with Crippen molar-refractivity contribution in [2.24, 2.45) is 17.7 Å². The van der Waals surface area contributed by atoms with Crippen molar-refractivity contribution in [3.05, 3.63) is 71.6 Å². The third-order valence-electron chi connectivity index (χ3n) is 8.00. The highest BCUT2D eigenvalue weighted by atomic mass is 32.2. The Morgan fingerprint density at radius 2 is 1.95 bits per heavy atom. The van der Waals surface area contributed by atoms with Crippen molar-refractivity contribution in [1.82, 2.24) is 15.9 Å². The number of carbonyl (C=O) groups is 2. The van der Waals surface area contributed by atoms with Gasteiger partial charge in [0.05, 0.1) is 11.7 Å². The molecule has 1 fully saturated rings. The summed E-state index contributed by atoms with van der Waals surface area (Å²) < 4.78 is 32.9. The number of benzene rings is 1. The third kappa shape index (κ3) is 9.44. The van der Waals surface area contributed by atoms with Crippen LogP contribution in [0, 0.1) is 18.8 Å². The molecule has 0 saturated carbocycles. The molecular formula is C33H48N4O6S. The van der Waals surface area contributed by atoms with Gasteiger partial charge in [0.25, 0.3) is 5.91 Å². The van der Waals surface area contributed by atoms with E-state index >= 15 is 0 Å². The molecule has 10 nitrogen and oxygen atoms in total. The summed E-state index contributed by atoms with van der Waals surface area (Å²) >= 11 is 0. The number of rotatable bonds is 16. The third-order valence-corrected chi connectivity index (χ3v) is 10.5. The van der Waals surface area contributed by atoms with E-state index in [-0.39, 0.29) is 25.2 Å². The Morgan fingerprint density at radius 3 is 2.57 bits per heavy atom. The van der Waals surface area contributed by atoms with Gasteiger partial charge in [-0.2, -0.15) is 0 Å². The van der Waals surface area contributed by atoms with Crippen LogP contribution in [0.5, 0.6) is 0 Å². The van der Waals surface area contributed by atoms with Crippen LogP contribution in [0.25, 0.3) is 6.08 Å². The summed E-state index contributed by atoms with van der Waals surface area (Å²) in [4.78, 5) is 37.4. The smallest absolute Gasteiger partial charge is 0.255 e. The highest BCUT2D eigenvalue weighted by molar-refractivity contribution is 7.93. The van der Waals surface area contributed by atoms with Gasteiger partial charge in [-0.05, 0) is 68.2 Å². The second-order valence-corrected chi connectivity index (χ2v) is 14.3. The molecule has 0 spiro atoms. The minimum Gasteiger partial charge on any atom is -0.350 e. The van der Waals surface area contributed by atoms with Crippen LogP contribution in [0.2, 0.25) is 0 Å². The van der Waals surface area contributed by atoms with E-state index in [1.807, 2.05) is 76.2 Å². The fraction of sp³-hybridized carbons (Fsp3) is 0.545. The Balaban J connectivity index is 2.08. The SMILES string of the molecule is CCCC(CC(C)C)(C(=O)NN)S(=O)(=O)C[C@@H](c1cc(C)ccn1)[C@H](C/C=C/c1ccccc1)C(=O)NOC1CCCCO1. The number of sulfone groups is 1. The molecule has 0 bridgehead atoms. The number of ether oxygens (including phenoxy) is 1. The van der Waals surface area contributed by atoms with Crippen molar-refractivity contribution in [1.29, 1.82) is 0 Å². The van der Waals surface area contributed by atoms with Crippen LogP contribution >= 0.6 is 0 Å². The summed E-state index contributed by atoms with van der Waals surface area (Å²) in [6.07, 6.45) is 8.07. The van der Waals surface area contributed by atoms with E-state index < -0.39 is 50.3 Å². The number of amides is 2. The highest BCUT2D eigenvalue weighted by Gasteiger charge is 2.51. The molecule has 11 heteroatoms. The van der Waals surface area contributed by atoms with E-state index in [1.165, 1.54) is 0 Å². The summed E-state index contributed by atoms with van der Waals surface area (Å²) in [6.45, 7) is 8.00. The van der Waals surface area contributed by atoms with Crippen molar-refractivity contribution in [3.63, 3.8) is 0 Å². The standard InChI is InChI=1S/C33H48N4O6S/c1-5-18-33(22-24(2)3,32(39)36-34)44(40,41)23-28(29-21-25(4)17-19-35-29)27(15-11-14-26-12-7-6-8-13-26)31(38)37-43-30-16-9-10-20-42-30/h6-8,11-14,17,19,21,24,27-28,30H,5,9-10,15-16,18,20,22-23,34H2,1-4H3,(H,36,39)(H,37,38)/b14-11+/t27-,28+,30?,33?/m0/s1. The minimum absolute atomic E-state index is 0.0904. The molecular weight excluding hydrogens is 580 g/mol. The number of aromatic nitrogens is 1. The van der Waals surface area contributed by atoms with Crippen molar-refractivity contribution < 1.29 is 27.6 Å². The van der Waals surface area contributed by atoms with Gasteiger partial charge in [0.2, 0.25) is 5.91 Å². The maximum atomic E-state index is 14.5. The first-order valence-corrected chi connectivity index (χ1v) is 17.1. The number of carbonyl (C=O) groups excluding carboxylic acids is 2. The summed E-state index contributed by atoms with van der Waals surface area (Å²) in [7, 11) is -4.21. The maximum Gasteiger partial charge on any atom is 0.255 e. The molecule has 2 aromatic rings. The second-order valence-electron chi connectivity index (χ2n) is 12.0. The first-order chi connectivity index (χ1) is 21.0. The Bertz CT molecular complexity index is 1350. The van der Waals surface area contributed by atoms with Crippen LogP contribution in [0.4, 0.5) is 0 Å². The molecule has 1 saturated heterocycles. The molecule has 44 heavy (non-hydrogen) atoms. The lowest BCUT2D eigenvalue weighted by atomic mass is 9.86. The van der Waals surface area contributed by atoms with Crippen molar-refractivity contribution >= 4 is 27.7 Å². The topological polar surface area (TPSA) is 150 Å². The van der Waals surface area contributed by atoms with Gasteiger partial charge in [-0.1, -0.05) is 69.7 Å². The Hall–Kier alpha value is -3.12. The largest absolute Gasteiger partial charge is 0.350 e. The molecule has 0 radical (unpaired) electrons.